The van der Waals surface area contributed by atoms with Crippen LogP contribution in [0.25, 0.3) is 0 Å². The molecule has 0 bridgehead atoms. The molecular formula is C15H24N2. The smallest absolute Gasteiger partial charge is 0.0230 e. The lowest BCUT2D eigenvalue weighted by atomic mass is 10.1. The third-order valence-electron chi connectivity index (χ3n) is 3.26. The van der Waals surface area contributed by atoms with Crippen molar-refractivity contribution in [2.75, 3.05) is 20.1 Å². The van der Waals surface area contributed by atoms with Crippen LogP contribution in [0.1, 0.15) is 30.4 Å². The number of nitrogens with zero attached hydrogens (tertiary/aromatic N) is 1. The minimum Gasteiger partial charge on any atom is -0.314 e. The van der Waals surface area contributed by atoms with Crippen molar-refractivity contribution >= 4 is 0 Å². The van der Waals surface area contributed by atoms with Gasteiger partial charge in [-0.3, -0.25) is 0 Å². The van der Waals surface area contributed by atoms with Crippen molar-refractivity contribution < 1.29 is 0 Å². The molecule has 1 aromatic carbocycles. The fraction of sp³-hybridized carbons (Fsp3) is 0.600. The zero-order valence-electron chi connectivity index (χ0n) is 11.1. The number of nitrogens with one attached hydrogen (secondary N) is 1. The van der Waals surface area contributed by atoms with Gasteiger partial charge in [0.1, 0.15) is 0 Å². The SMILES string of the molecule is Cc1cccc(CN(C)CCCNC2CC2)c1. The van der Waals surface area contributed by atoms with Gasteiger partial charge in [-0.25, -0.2) is 0 Å². The van der Waals surface area contributed by atoms with E-state index in [-0.39, 0.29) is 0 Å². The van der Waals surface area contributed by atoms with Crippen molar-refractivity contribution in [3.63, 3.8) is 0 Å². The zero-order chi connectivity index (χ0) is 12.1. The fourth-order valence-corrected chi connectivity index (χ4v) is 2.14. The van der Waals surface area contributed by atoms with E-state index in [1.165, 1.54) is 43.5 Å². The number of hydrogen-bond donors (Lipinski definition) is 1. The molecule has 0 spiro atoms. The second kappa shape index (κ2) is 6.18. The van der Waals surface area contributed by atoms with Crippen LogP contribution in [0, 0.1) is 6.92 Å². The lowest BCUT2D eigenvalue weighted by Gasteiger charge is -2.17. The summed E-state index contributed by atoms with van der Waals surface area (Å²) in [6.45, 7) is 5.56. The molecule has 94 valence electrons. The topological polar surface area (TPSA) is 15.3 Å². The van der Waals surface area contributed by atoms with Gasteiger partial charge in [-0.2, -0.15) is 0 Å². The first kappa shape index (κ1) is 12.6. The molecule has 2 nitrogen and oxygen atoms in total. The summed E-state index contributed by atoms with van der Waals surface area (Å²) in [5, 5.41) is 3.56. The van der Waals surface area contributed by atoms with E-state index in [4.69, 9.17) is 0 Å². The summed E-state index contributed by atoms with van der Waals surface area (Å²) in [7, 11) is 2.21. The van der Waals surface area contributed by atoms with Gasteiger partial charge in [0.15, 0.2) is 0 Å². The van der Waals surface area contributed by atoms with Gasteiger partial charge in [0.25, 0.3) is 0 Å². The molecule has 17 heavy (non-hydrogen) atoms. The predicted molar refractivity (Wildman–Crippen MR) is 73.2 cm³/mol. The van der Waals surface area contributed by atoms with Crippen LogP contribution in [-0.2, 0) is 6.54 Å². The van der Waals surface area contributed by atoms with E-state index >= 15 is 0 Å². The molecule has 1 aliphatic rings. The van der Waals surface area contributed by atoms with E-state index in [9.17, 15) is 0 Å². The molecule has 1 saturated carbocycles. The van der Waals surface area contributed by atoms with Gasteiger partial charge >= 0.3 is 0 Å². The standard InChI is InChI=1S/C15H24N2/c1-13-5-3-6-14(11-13)12-17(2)10-4-9-16-15-7-8-15/h3,5-6,11,15-16H,4,7-10,12H2,1-2H3. The van der Waals surface area contributed by atoms with E-state index in [0.717, 1.165) is 12.6 Å². The Morgan fingerprint density at radius 3 is 2.88 bits per heavy atom. The van der Waals surface area contributed by atoms with Gasteiger partial charge in [0.2, 0.25) is 0 Å². The minimum absolute atomic E-state index is 0.845. The maximum atomic E-state index is 3.56. The molecule has 0 radical (unpaired) electrons. The average Bonchev–Trinajstić information content (AvgIpc) is 3.08. The van der Waals surface area contributed by atoms with Gasteiger partial charge in [0, 0.05) is 12.6 Å². The maximum absolute atomic E-state index is 3.56. The highest BCUT2D eigenvalue weighted by molar-refractivity contribution is 5.21. The Labute approximate surface area is 105 Å². The second-order valence-corrected chi connectivity index (χ2v) is 5.31. The summed E-state index contributed by atoms with van der Waals surface area (Å²) in [4.78, 5) is 2.41. The maximum Gasteiger partial charge on any atom is 0.0230 e. The quantitative estimate of drug-likeness (QED) is 0.727. The summed E-state index contributed by atoms with van der Waals surface area (Å²) in [6.07, 6.45) is 4.02. The Morgan fingerprint density at radius 2 is 2.18 bits per heavy atom. The van der Waals surface area contributed by atoms with E-state index in [2.05, 4.69) is 48.5 Å². The minimum atomic E-state index is 0.845. The van der Waals surface area contributed by atoms with Crippen molar-refractivity contribution in [2.24, 2.45) is 0 Å². The largest absolute Gasteiger partial charge is 0.314 e. The number of hydrogen-bond acceptors (Lipinski definition) is 2. The molecule has 0 heterocycles. The van der Waals surface area contributed by atoms with E-state index in [1.807, 2.05) is 0 Å². The lowest BCUT2D eigenvalue weighted by molar-refractivity contribution is 0.319. The van der Waals surface area contributed by atoms with Crippen LogP contribution in [0.4, 0.5) is 0 Å². The van der Waals surface area contributed by atoms with Crippen molar-refractivity contribution in [3.8, 4) is 0 Å². The average molecular weight is 232 g/mol. The Kier molecular flexibility index (Phi) is 4.57. The molecule has 0 atom stereocenters. The van der Waals surface area contributed by atoms with E-state index < -0.39 is 0 Å². The normalized spacial score (nSPS) is 15.5. The molecule has 0 saturated heterocycles. The highest BCUT2D eigenvalue weighted by Gasteiger charge is 2.19. The number of rotatable bonds is 7. The van der Waals surface area contributed by atoms with Gasteiger partial charge in [0.05, 0.1) is 0 Å². The van der Waals surface area contributed by atoms with Crippen LogP contribution in [0.3, 0.4) is 0 Å². The number of benzene rings is 1. The van der Waals surface area contributed by atoms with Crippen molar-refractivity contribution in [2.45, 2.75) is 38.8 Å². The van der Waals surface area contributed by atoms with Crippen molar-refractivity contribution in [1.29, 1.82) is 0 Å². The highest BCUT2D eigenvalue weighted by Crippen LogP contribution is 2.18. The number of aryl methyl sites for hydroxylation is 1. The van der Waals surface area contributed by atoms with Crippen LogP contribution in [-0.4, -0.2) is 31.1 Å². The molecule has 2 rings (SSSR count). The molecule has 1 aromatic rings. The monoisotopic (exact) mass is 232 g/mol. The van der Waals surface area contributed by atoms with Crippen LogP contribution < -0.4 is 5.32 Å². The van der Waals surface area contributed by atoms with Crippen LogP contribution >= 0.6 is 0 Å². The summed E-state index contributed by atoms with van der Waals surface area (Å²) in [5.74, 6) is 0. The van der Waals surface area contributed by atoms with Gasteiger partial charge in [-0.1, -0.05) is 29.8 Å². The predicted octanol–water partition coefficient (Wildman–Crippen LogP) is 2.57. The van der Waals surface area contributed by atoms with Crippen LogP contribution in [0.5, 0.6) is 0 Å². The molecule has 0 aromatic heterocycles. The first-order valence-corrected chi connectivity index (χ1v) is 6.71. The molecule has 1 fully saturated rings. The Morgan fingerprint density at radius 1 is 1.35 bits per heavy atom. The summed E-state index contributed by atoms with van der Waals surface area (Å²) < 4.78 is 0. The van der Waals surface area contributed by atoms with Crippen molar-refractivity contribution in [1.82, 2.24) is 10.2 Å². The lowest BCUT2D eigenvalue weighted by Crippen LogP contribution is -2.24. The molecule has 1 N–H and O–H groups in total. The van der Waals surface area contributed by atoms with E-state index in [0.29, 0.717) is 0 Å². The Bertz CT molecular complexity index is 345. The Balaban J connectivity index is 1.63. The molecule has 1 aliphatic carbocycles. The molecule has 2 heteroatoms. The van der Waals surface area contributed by atoms with Gasteiger partial charge < -0.3 is 10.2 Å². The van der Waals surface area contributed by atoms with Gasteiger partial charge in [-0.15, -0.1) is 0 Å². The highest BCUT2D eigenvalue weighted by atomic mass is 15.1. The zero-order valence-corrected chi connectivity index (χ0v) is 11.1. The summed E-state index contributed by atoms with van der Waals surface area (Å²) >= 11 is 0. The summed E-state index contributed by atoms with van der Waals surface area (Å²) in [6, 6.07) is 9.64. The summed E-state index contributed by atoms with van der Waals surface area (Å²) in [5.41, 5.74) is 2.77. The fourth-order valence-electron chi connectivity index (χ4n) is 2.14. The first-order valence-electron chi connectivity index (χ1n) is 6.71. The van der Waals surface area contributed by atoms with Crippen LogP contribution in [0.15, 0.2) is 24.3 Å². The Hall–Kier alpha value is -0.860. The van der Waals surface area contributed by atoms with E-state index in [1.54, 1.807) is 0 Å². The van der Waals surface area contributed by atoms with Crippen LogP contribution in [0.2, 0.25) is 0 Å². The molecule has 0 unspecified atom stereocenters. The molecule has 0 aliphatic heterocycles. The van der Waals surface area contributed by atoms with Crippen molar-refractivity contribution in [3.05, 3.63) is 35.4 Å². The second-order valence-electron chi connectivity index (χ2n) is 5.31. The van der Waals surface area contributed by atoms with Gasteiger partial charge in [-0.05, 0) is 51.9 Å². The third kappa shape index (κ3) is 4.88. The molecule has 0 amide bonds. The molecular weight excluding hydrogens is 208 g/mol. The third-order valence-corrected chi connectivity index (χ3v) is 3.26. The first-order chi connectivity index (χ1) is 8.24.